The van der Waals surface area contributed by atoms with Crippen molar-refractivity contribution in [1.82, 2.24) is 9.97 Å². The number of pyridine rings is 1. The van der Waals surface area contributed by atoms with E-state index in [2.05, 4.69) is 9.97 Å². The minimum Gasteiger partial charge on any atom is -0.491 e. The van der Waals surface area contributed by atoms with Gasteiger partial charge >= 0.3 is 0 Å². The summed E-state index contributed by atoms with van der Waals surface area (Å²) in [4.78, 5) is 7.67. The molecule has 0 spiro atoms. The molecule has 110 valence electrons. The van der Waals surface area contributed by atoms with Crippen LogP contribution in [0.4, 0.5) is 4.39 Å². The number of aryl methyl sites for hydroxylation is 1. The minimum atomic E-state index is -0.464. The first-order valence-electron chi connectivity index (χ1n) is 6.93. The number of nitrogens with zero attached hydrogens (tertiary/aromatic N) is 1. The van der Waals surface area contributed by atoms with E-state index in [0.717, 1.165) is 33.2 Å². The van der Waals surface area contributed by atoms with Crippen LogP contribution in [0.25, 0.3) is 21.8 Å². The Kier molecular flexibility index (Phi) is 4.01. The molecule has 0 fully saturated rings. The average Bonchev–Trinajstić information content (AvgIpc) is 2.86. The van der Waals surface area contributed by atoms with Crippen molar-refractivity contribution >= 4 is 21.8 Å². The second kappa shape index (κ2) is 6.10. The van der Waals surface area contributed by atoms with Gasteiger partial charge in [-0.25, -0.2) is 4.39 Å². The fraction of sp³-hybridized carbons (Fsp3) is 0.312. The molecule has 0 aliphatic heterocycles. The number of hydrogen-bond acceptors (Lipinski definition) is 3. The van der Waals surface area contributed by atoms with Gasteiger partial charge in [0.25, 0.3) is 0 Å². The predicted octanol–water partition coefficient (Wildman–Crippen LogP) is 3.39. The zero-order chi connectivity index (χ0) is 14.7. The number of alkyl halides is 1. The Hall–Kier alpha value is -2.14. The largest absolute Gasteiger partial charge is 0.491 e. The first kappa shape index (κ1) is 13.8. The van der Waals surface area contributed by atoms with Gasteiger partial charge in [-0.3, -0.25) is 4.98 Å². The second-order valence-electron chi connectivity index (χ2n) is 4.80. The van der Waals surface area contributed by atoms with Crippen LogP contribution in [0.5, 0.6) is 5.75 Å². The van der Waals surface area contributed by atoms with E-state index in [-0.39, 0.29) is 6.61 Å². The number of halogens is 1. The maximum Gasteiger partial charge on any atom is 0.121 e. The summed E-state index contributed by atoms with van der Waals surface area (Å²) in [6.07, 6.45) is 1.82. The van der Waals surface area contributed by atoms with Crippen molar-refractivity contribution in [3.8, 4) is 5.75 Å². The first-order valence-corrected chi connectivity index (χ1v) is 6.93. The summed E-state index contributed by atoms with van der Waals surface area (Å²) in [6.45, 7) is 2.44. The molecular formula is C16H17FN2O2. The lowest BCUT2D eigenvalue weighted by atomic mass is 10.1. The van der Waals surface area contributed by atoms with Gasteiger partial charge in [0, 0.05) is 23.0 Å². The third-order valence-electron chi connectivity index (χ3n) is 3.40. The molecule has 0 saturated carbocycles. The molecule has 21 heavy (non-hydrogen) atoms. The summed E-state index contributed by atoms with van der Waals surface area (Å²) in [6, 6.07) is 7.93. The molecule has 0 aliphatic carbocycles. The van der Waals surface area contributed by atoms with Crippen LogP contribution in [0.2, 0.25) is 0 Å². The summed E-state index contributed by atoms with van der Waals surface area (Å²) < 4.78 is 22.5. The molecule has 0 saturated heterocycles. The van der Waals surface area contributed by atoms with E-state index in [1.807, 2.05) is 37.4 Å². The van der Waals surface area contributed by atoms with Gasteiger partial charge < -0.3 is 14.5 Å². The molecule has 0 unspecified atom stereocenters. The molecule has 3 aromatic rings. The molecule has 2 aromatic heterocycles. The van der Waals surface area contributed by atoms with E-state index in [4.69, 9.17) is 9.47 Å². The maximum atomic E-state index is 11.9. The lowest BCUT2D eigenvalue weighted by molar-refractivity contribution is 0.0897. The van der Waals surface area contributed by atoms with Crippen LogP contribution in [-0.4, -0.2) is 36.5 Å². The van der Waals surface area contributed by atoms with E-state index in [1.165, 1.54) is 0 Å². The summed E-state index contributed by atoms with van der Waals surface area (Å²) in [5.41, 5.74) is 3.05. The molecule has 5 heteroatoms. The highest BCUT2D eigenvalue weighted by molar-refractivity contribution is 6.08. The second-order valence-corrected chi connectivity index (χ2v) is 4.80. The quantitative estimate of drug-likeness (QED) is 0.707. The molecule has 1 aromatic carbocycles. The summed E-state index contributed by atoms with van der Waals surface area (Å²) in [5, 5.41) is 2.31. The third-order valence-corrected chi connectivity index (χ3v) is 3.40. The summed E-state index contributed by atoms with van der Waals surface area (Å²) >= 11 is 0. The Morgan fingerprint density at radius 2 is 2.05 bits per heavy atom. The van der Waals surface area contributed by atoms with Gasteiger partial charge in [-0.2, -0.15) is 0 Å². The molecule has 0 radical (unpaired) electrons. The van der Waals surface area contributed by atoms with Crippen molar-refractivity contribution in [2.75, 3.05) is 26.5 Å². The van der Waals surface area contributed by atoms with E-state index in [9.17, 15) is 4.39 Å². The van der Waals surface area contributed by atoms with Crippen molar-refractivity contribution in [2.45, 2.75) is 6.92 Å². The fourth-order valence-electron chi connectivity index (χ4n) is 2.41. The van der Waals surface area contributed by atoms with E-state index >= 15 is 0 Å². The van der Waals surface area contributed by atoms with Gasteiger partial charge in [0.1, 0.15) is 19.0 Å². The minimum absolute atomic E-state index is 0.122. The zero-order valence-corrected chi connectivity index (χ0v) is 11.9. The Morgan fingerprint density at radius 1 is 1.14 bits per heavy atom. The maximum absolute atomic E-state index is 11.9. The van der Waals surface area contributed by atoms with Crippen molar-refractivity contribution < 1.29 is 13.9 Å². The van der Waals surface area contributed by atoms with E-state index in [0.29, 0.717) is 13.2 Å². The van der Waals surface area contributed by atoms with Gasteiger partial charge in [-0.1, -0.05) is 0 Å². The summed E-state index contributed by atoms with van der Waals surface area (Å²) in [5.74, 6) is 0.767. The van der Waals surface area contributed by atoms with Gasteiger partial charge in [0.05, 0.1) is 29.9 Å². The first-order chi connectivity index (χ1) is 10.3. The van der Waals surface area contributed by atoms with Crippen LogP contribution in [-0.2, 0) is 4.74 Å². The lowest BCUT2D eigenvalue weighted by Gasteiger charge is -2.06. The van der Waals surface area contributed by atoms with Gasteiger partial charge in [-0.15, -0.1) is 0 Å². The number of benzene rings is 1. The van der Waals surface area contributed by atoms with Crippen LogP contribution in [0.3, 0.4) is 0 Å². The Labute approximate surface area is 121 Å². The number of H-pyrrole nitrogens is 1. The molecule has 0 amide bonds. The lowest BCUT2D eigenvalue weighted by Crippen LogP contribution is -2.08. The van der Waals surface area contributed by atoms with Gasteiger partial charge in [0.2, 0.25) is 0 Å². The van der Waals surface area contributed by atoms with Crippen molar-refractivity contribution in [3.05, 3.63) is 36.2 Å². The van der Waals surface area contributed by atoms with Gasteiger partial charge in [-0.05, 0) is 25.1 Å². The molecule has 0 atom stereocenters. The monoisotopic (exact) mass is 287 g/mol. The Balaban J connectivity index is 1.80. The molecule has 3 rings (SSSR count). The van der Waals surface area contributed by atoms with Crippen LogP contribution in [0.15, 0.2) is 30.5 Å². The number of hydrogen-bond donors (Lipinski definition) is 1. The normalized spacial score (nSPS) is 11.3. The topological polar surface area (TPSA) is 47.1 Å². The fourth-order valence-corrected chi connectivity index (χ4v) is 2.41. The number of fused-ring (bicyclic) bond motifs is 3. The van der Waals surface area contributed by atoms with Crippen LogP contribution < -0.4 is 4.74 Å². The van der Waals surface area contributed by atoms with Crippen LogP contribution in [0.1, 0.15) is 5.69 Å². The number of aromatic nitrogens is 2. The average molecular weight is 287 g/mol. The zero-order valence-electron chi connectivity index (χ0n) is 11.9. The smallest absolute Gasteiger partial charge is 0.121 e. The number of aromatic amines is 1. The molecule has 1 N–H and O–H groups in total. The molecule has 0 aliphatic rings. The van der Waals surface area contributed by atoms with Crippen LogP contribution >= 0.6 is 0 Å². The van der Waals surface area contributed by atoms with Crippen molar-refractivity contribution in [3.63, 3.8) is 0 Å². The number of ether oxygens (including phenoxy) is 2. The summed E-state index contributed by atoms with van der Waals surface area (Å²) in [7, 11) is 0. The number of rotatable bonds is 6. The number of nitrogens with one attached hydrogen (secondary N) is 1. The molecular weight excluding hydrogens is 270 g/mol. The molecule has 0 bridgehead atoms. The Bertz CT molecular complexity index is 754. The van der Waals surface area contributed by atoms with Gasteiger partial charge in [0.15, 0.2) is 0 Å². The van der Waals surface area contributed by atoms with Crippen molar-refractivity contribution in [2.24, 2.45) is 0 Å². The predicted molar refractivity (Wildman–Crippen MR) is 80.6 cm³/mol. The SMILES string of the molecule is Cc1nccc2c1[nH]c1cc(OCCOCC[18F])ccc12. The standard InChI is InChI=1S/C16H17FN2O2/c1-11-16-14(4-6-18-11)13-3-2-12(10-15(13)19-16)21-9-8-20-7-5-17/h2-4,6,10,19H,5,7-9H2,1H3/i17-1. The third kappa shape index (κ3) is 2.83. The highest BCUT2D eigenvalue weighted by atomic mass is 18.2. The van der Waals surface area contributed by atoms with Crippen molar-refractivity contribution in [1.29, 1.82) is 0 Å². The molecule has 2 heterocycles. The highest BCUT2D eigenvalue weighted by Crippen LogP contribution is 2.29. The highest BCUT2D eigenvalue weighted by Gasteiger charge is 2.07. The Morgan fingerprint density at radius 3 is 2.90 bits per heavy atom. The van der Waals surface area contributed by atoms with Crippen LogP contribution in [0, 0.1) is 6.92 Å². The van der Waals surface area contributed by atoms with E-state index in [1.54, 1.807) is 0 Å². The molecule has 4 nitrogen and oxygen atoms in total. The van der Waals surface area contributed by atoms with E-state index < -0.39 is 6.67 Å².